The van der Waals surface area contributed by atoms with Crippen LogP contribution in [0, 0.1) is 0 Å². The summed E-state index contributed by atoms with van der Waals surface area (Å²) in [5.41, 5.74) is 0.477. The van der Waals surface area contributed by atoms with Gasteiger partial charge in [0.05, 0.1) is 7.11 Å². The van der Waals surface area contributed by atoms with E-state index in [0.29, 0.717) is 16.7 Å². The molecule has 21 heavy (non-hydrogen) atoms. The first-order chi connectivity index (χ1) is 10.2. The van der Waals surface area contributed by atoms with Gasteiger partial charge in [-0.05, 0) is 12.1 Å². The zero-order valence-electron chi connectivity index (χ0n) is 11.3. The van der Waals surface area contributed by atoms with Crippen LogP contribution in [0.2, 0.25) is 0 Å². The van der Waals surface area contributed by atoms with E-state index < -0.39 is 0 Å². The Morgan fingerprint density at radius 1 is 1.19 bits per heavy atom. The van der Waals surface area contributed by atoms with Crippen LogP contribution in [0.15, 0.2) is 29.9 Å². The number of amides is 2. The maximum Gasteiger partial charge on any atom is 0.237 e. The Kier molecular flexibility index (Phi) is 5.22. The molecule has 2 aromatic rings. The number of rotatable bonds is 6. The summed E-state index contributed by atoms with van der Waals surface area (Å²) in [4.78, 5) is 31.3. The van der Waals surface area contributed by atoms with Crippen molar-refractivity contribution in [2.45, 2.75) is 12.8 Å². The number of aromatic nitrogens is 2. The minimum atomic E-state index is -0.282. The summed E-state index contributed by atoms with van der Waals surface area (Å²) in [6.45, 7) is 0. The van der Waals surface area contributed by atoms with Gasteiger partial charge in [-0.3, -0.25) is 9.59 Å². The number of anilines is 2. The van der Waals surface area contributed by atoms with Gasteiger partial charge in [0.1, 0.15) is 5.69 Å². The summed E-state index contributed by atoms with van der Waals surface area (Å²) in [5.74, 6) is -0.202. The van der Waals surface area contributed by atoms with Crippen molar-refractivity contribution in [1.82, 2.24) is 9.97 Å². The molecule has 0 bridgehead atoms. The van der Waals surface area contributed by atoms with Gasteiger partial charge in [0.2, 0.25) is 17.7 Å². The van der Waals surface area contributed by atoms with Gasteiger partial charge in [0.15, 0.2) is 5.13 Å². The van der Waals surface area contributed by atoms with Crippen LogP contribution in [0.5, 0.6) is 5.88 Å². The number of ether oxygens (including phenoxy) is 1. The van der Waals surface area contributed by atoms with Crippen LogP contribution in [0.1, 0.15) is 12.8 Å². The van der Waals surface area contributed by atoms with Crippen LogP contribution in [-0.4, -0.2) is 28.9 Å². The average molecular weight is 306 g/mol. The van der Waals surface area contributed by atoms with E-state index in [1.165, 1.54) is 18.4 Å². The van der Waals surface area contributed by atoms with Crippen molar-refractivity contribution in [1.29, 1.82) is 0 Å². The highest BCUT2D eigenvalue weighted by Crippen LogP contribution is 2.20. The summed E-state index contributed by atoms with van der Waals surface area (Å²) in [6, 6.07) is 3.37. The molecule has 0 unspecified atom stereocenters. The van der Waals surface area contributed by atoms with Crippen molar-refractivity contribution < 1.29 is 14.3 Å². The molecule has 110 valence electrons. The molecule has 0 aliphatic heterocycles. The number of nitrogens with zero attached hydrogens (tertiary/aromatic N) is 2. The number of methoxy groups -OCH3 is 1. The van der Waals surface area contributed by atoms with E-state index in [0.717, 1.165) is 0 Å². The predicted molar refractivity (Wildman–Crippen MR) is 79.4 cm³/mol. The molecule has 2 N–H and O–H groups in total. The van der Waals surface area contributed by atoms with Crippen LogP contribution in [0.3, 0.4) is 0 Å². The van der Waals surface area contributed by atoms with Crippen molar-refractivity contribution in [2.75, 3.05) is 17.7 Å². The Morgan fingerprint density at radius 2 is 1.95 bits per heavy atom. The fourth-order valence-corrected chi connectivity index (χ4v) is 2.10. The molecule has 2 rings (SSSR count). The number of nitrogens with one attached hydrogen (secondary N) is 2. The van der Waals surface area contributed by atoms with Crippen molar-refractivity contribution >= 4 is 34.0 Å². The maximum atomic E-state index is 11.8. The molecular formula is C13H14N4O3S. The minimum Gasteiger partial charge on any atom is -0.480 e. The van der Waals surface area contributed by atoms with Gasteiger partial charge in [-0.1, -0.05) is 0 Å². The lowest BCUT2D eigenvalue weighted by Gasteiger charge is -2.08. The van der Waals surface area contributed by atoms with Gasteiger partial charge in [-0.15, -0.1) is 11.3 Å². The van der Waals surface area contributed by atoms with Crippen molar-refractivity contribution in [3.05, 3.63) is 29.9 Å². The molecule has 0 saturated carbocycles. The van der Waals surface area contributed by atoms with Gasteiger partial charge in [-0.2, -0.15) is 0 Å². The van der Waals surface area contributed by atoms with Crippen LogP contribution in [-0.2, 0) is 9.59 Å². The topological polar surface area (TPSA) is 93.2 Å². The minimum absolute atomic E-state index is 0.0647. The molecule has 0 saturated heterocycles. The number of thiazole rings is 1. The first-order valence-corrected chi connectivity index (χ1v) is 7.05. The normalized spacial score (nSPS) is 9.95. The summed E-state index contributed by atoms with van der Waals surface area (Å²) in [6.07, 6.45) is 3.31. The van der Waals surface area contributed by atoms with Gasteiger partial charge in [0, 0.05) is 30.6 Å². The van der Waals surface area contributed by atoms with E-state index in [1.807, 2.05) is 0 Å². The van der Waals surface area contributed by atoms with Crippen LogP contribution >= 0.6 is 11.3 Å². The Bertz CT molecular complexity index is 616. The molecule has 8 heteroatoms. The van der Waals surface area contributed by atoms with Crippen LogP contribution in [0.4, 0.5) is 10.8 Å². The van der Waals surface area contributed by atoms with Crippen molar-refractivity contribution in [3.63, 3.8) is 0 Å². The second-order valence-corrected chi connectivity index (χ2v) is 4.89. The summed E-state index contributed by atoms with van der Waals surface area (Å²) in [7, 11) is 1.47. The third kappa shape index (κ3) is 4.53. The standard InChI is InChI=1S/C13H14N4O3S/c1-20-12-9(3-2-6-14-12)16-10(18)4-5-11(19)17-13-15-7-8-21-13/h2-3,6-8H,4-5H2,1H3,(H,16,18)(H,15,17,19). The molecule has 0 spiro atoms. The zero-order valence-corrected chi connectivity index (χ0v) is 12.1. The molecule has 0 aliphatic rings. The van der Waals surface area contributed by atoms with Crippen molar-refractivity contribution in [3.8, 4) is 5.88 Å². The van der Waals surface area contributed by atoms with E-state index >= 15 is 0 Å². The van der Waals surface area contributed by atoms with E-state index in [1.54, 1.807) is 29.9 Å². The quantitative estimate of drug-likeness (QED) is 0.850. The number of hydrogen-bond acceptors (Lipinski definition) is 6. The van der Waals surface area contributed by atoms with Gasteiger partial charge < -0.3 is 15.4 Å². The Balaban J connectivity index is 1.80. The van der Waals surface area contributed by atoms with Crippen LogP contribution in [0.25, 0.3) is 0 Å². The molecule has 0 fully saturated rings. The van der Waals surface area contributed by atoms with Crippen LogP contribution < -0.4 is 15.4 Å². The lowest BCUT2D eigenvalue weighted by atomic mass is 10.2. The molecule has 2 aromatic heterocycles. The summed E-state index contributed by atoms with van der Waals surface area (Å²) >= 11 is 1.32. The molecule has 0 radical (unpaired) electrons. The SMILES string of the molecule is COc1ncccc1NC(=O)CCC(=O)Nc1nccs1. The third-order valence-corrected chi connectivity index (χ3v) is 3.18. The molecule has 0 aromatic carbocycles. The number of carbonyl (C=O) groups is 2. The smallest absolute Gasteiger partial charge is 0.237 e. The monoisotopic (exact) mass is 306 g/mol. The molecule has 7 nitrogen and oxygen atoms in total. The first-order valence-electron chi connectivity index (χ1n) is 6.17. The fourth-order valence-electron chi connectivity index (χ4n) is 1.56. The van der Waals surface area contributed by atoms with E-state index in [2.05, 4.69) is 20.6 Å². The average Bonchev–Trinajstić information content (AvgIpc) is 2.98. The second-order valence-electron chi connectivity index (χ2n) is 3.99. The molecule has 0 aliphatic carbocycles. The highest BCUT2D eigenvalue weighted by Gasteiger charge is 2.11. The molecular weight excluding hydrogens is 292 g/mol. The fraction of sp³-hybridized carbons (Fsp3) is 0.231. The van der Waals surface area contributed by atoms with Gasteiger partial charge in [0.25, 0.3) is 0 Å². The second kappa shape index (κ2) is 7.34. The van der Waals surface area contributed by atoms with Gasteiger partial charge in [-0.25, -0.2) is 9.97 Å². The largest absolute Gasteiger partial charge is 0.480 e. The molecule has 2 amide bonds. The van der Waals surface area contributed by atoms with Gasteiger partial charge >= 0.3 is 0 Å². The Labute approximate surface area is 125 Å². The summed E-state index contributed by atoms with van der Waals surface area (Å²) in [5, 5.41) is 7.55. The molecule has 0 atom stereocenters. The summed E-state index contributed by atoms with van der Waals surface area (Å²) < 4.78 is 5.03. The third-order valence-electron chi connectivity index (χ3n) is 2.50. The van der Waals surface area contributed by atoms with E-state index in [4.69, 9.17) is 4.74 Å². The first kappa shape index (κ1) is 14.9. The number of hydrogen-bond donors (Lipinski definition) is 2. The van der Waals surface area contributed by atoms with E-state index in [9.17, 15) is 9.59 Å². The maximum absolute atomic E-state index is 11.8. The Morgan fingerprint density at radius 3 is 2.62 bits per heavy atom. The number of pyridine rings is 1. The Hall–Kier alpha value is -2.48. The van der Waals surface area contributed by atoms with E-state index in [-0.39, 0.29) is 24.7 Å². The number of carbonyl (C=O) groups excluding carboxylic acids is 2. The zero-order chi connectivity index (χ0) is 15.1. The lowest BCUT2D eigenvalue weighted by Crippen LogP contribution is -2.17. The highest BCUT2D eigenvalue weighted by atomic mass is 32.1. The highest BCUT2D eigenvalue weighted by molar-refractivity contribution is 7.13. The van der Waals surface area contributed by atoms with Crippen molar-refractivity contribution in [2.24, 2.45) is 0 Å². The predicted octanol–water partition coefficient (Wildman–Crippen LogP) is 1.90. The lowest BCUT2D eigenvalue weighted by molar-refractivity contribution is -0.121. The molecule has 2 heterocycles.